The topological polar surface area (TPSA) is 55.0 Å². The highest BCUT2D eigenvalue weighted by Crippen LogP contribution is 2.23. The van der Waals surface area contributed by atoms with Gasteiger partial charge in [-0.15, -0.1) is 0 Å². The Morgan fingerprint density at radius 1 is 1.35 bits per heavy atom. The van der Waals surface area contributed by atoms with Crippen LogP contribution in [0.5, 0.6) is 0 Å². The molecular weight excluding hydrogens is 212 g/mol. The van der Waals surface area contributed by atoms with E-state index < -0.39 is 0 Å². The molecule has 0 spiro atoms. The molecule has 2 rings (SSSR count). The number of nitrogens with zero attached hydrogens (tertiary/aromatic N) is 3. The van der Waals surface area contributed by atoms with E-state index in [4.69, 9.17) is 5.73 Å². The van der Waals surface area contributed by atoms with Crippen molar-refractivity contribution in [3.05, 3.63) is 17.6 Å². The van der Waals surface area contributed by atoms with E-state index in [1.807, 2.05) is 6.92 Å². The lowest BCUT2D eigenvalue weighted by Gasteiger charge is -2.18. The Morgan fingerprint density at radius 2 is 2.06 bits per heavy atom. The second-order valence-corrected chi connectivity index (χ2v) is 5.43. The Labute approximate surface area is 103 Å². The molecule has 0 aliphatic carbocycles. The van der Waals surface area contributed by atoms with Crippen LogP contribution >= 0.6 is 0 Å². The predicted molar refractivity (Wildman–Crippen MR) is 70.2 cm³/mol. The molecule has 1 aromatic heterocycles. The van der Waals surface area contributed by atoms with Crippen molar-refractivity contribution >= 4 is 5.82 Å². The van der Waals surface area contributed by atoms with Crippen molar-refractivity contribution in [1.29, 1.82) is 0 Å². The van der Waals surface area contributed by atoms with Crippen molar-refractivity contribution in [1.82, 2.24) is 9.97 Å². The number of nitrogens with two attached hydrogens (primary N) is 1. The summed E-state index contributed by atoms with van der Waals surface area (Å²) in [6, 6.07) is 2.31. The van der Waals surface area contributed by atoms with E-state index >= 15 is 0 Å². The molecule has 1 aliphatic rings. The fraction of sp³-hybridized carbons (Fsp3) is 0.692. The highest BCUT2D eigenvalue weighted by Gasteiger charge is 2.27. The van der Waals surface area contributed by atoms with Crippen LogP contribution in [0.1, 0.15) is 38.2 Å². The molecule has 94 valence electrons. The molecule has 2 heterocycles. The van der Waals surface area contributed by atoms with Gasteiger partial charge >= 0.3 is 0 Å². The molecule has 1 saturated heterocycles. The van der Waals surface area contributed by atoms with E-state index in [0.717, 1.165) is 30.4 Å². The van der Waals surface area contributed by atoms with Gasteiger partial charge in [-0.25, -0.2) is 9.97 Å². The van der Waals surface area contributed by atoms with E-state index in [0.29, 0.717) is 11.8 Å². The van der Waals surface area contributed by atoms with Crippen molar-refractivity contribution in [2.24, 2.45) is 11.7 Å². The molecule has 1 fully saturated rings. The van der Waals surface area contributed by atoms with Gasteiger partial charge in [0.2, 0.25) is 0 Å². The van der Waals surface area contributed by atoms with Crippen LogP contribution in [-0.4, -0.2) is 29.1 Å². The van der Waals surface area contributed by atoms with Crippen LogP contribution in [0.3, 0.4) is 0 Å². The molecule has 2 N–H and O–H groups in total. The highest BCUT2D eigenvalue weighted by molar-refractivity contribution is 5.42. The van der Waals surface area contributed by atoms with Crippen molar-refractivity contribution in [2.75, 3.05) is 18.0 Å². The zero-order valence-corrected chi connectivity index (χ0v) is 11.1. The normalized spacial score (nSPS) is 24.7. The number of rotatable bonds is 2. The summed E-state index contributed by atoms with van der Waals surface area (Å²) in [6.45, 7) is 10.4. The molecule has 0 radical (unpaired) electrons. The number of aryl methyl sites for hydroxylation is 1. The van der Waals surface area contributed by atoms with Gasteiger partial charge in [0, 0.05) is 36.8 Å². The molecule has 17 heavy (non-hydrogen) atoms. The van der Waals surface area contributed by atoms with Gasteiger partial charge in [-0.1, -0.05) is 20.8 Å². The Hall–Kier alpha value is -1.16. The van der Waals surface area contributed by atoms with Gasteiger partial charge in [-0.2, -0.15) is 0 Å². The maximum Gasteiger partial charge on any atom is 0.133 e. The average Bonchev–Trinajstić information content (AvgIpc) is 2.58. The van der Waals surface area contributed by atoms with E-state index in [2.05, 4.69) is 41.7 Å². The van der Waals surface area contributed by atoms with Gasteiger partial charge in [0.15, 0.2) is 0 Å². The minimum Gasteiger partial charge on any atom is -0.355 e. The third kappa shape index (κ3) is 2.57. The van der Waals surface area contributed by atoms with Crippen LogP contribution in [-0.2, 0) is 0 Å². The van der Waals surface area contributed by atoms with E-state index in [1.165, 1.54) is 0 Å². The first-order valence-electron chi connectivity index (χ1n) is 6.33. The minimum absolute atomic E-state index is 0.257. The lowest BCUT2D eigenvalue weighted by Crippen LogP contribution is -2.29. The minimum atomic E-state index is 0.257. The van der Waals surface area contributed by atoms with Crippen molar-refractivity contribution in [3.8, 4) is 0 Å². The van der Waals surface area contributed by atoms with Crippen LogP contribution < -0.4 is 10.6 Å². The van der Waals surface area contributed by atoms with Gasteiger partial charge in [0.25, 0.3) is 0 Å². The van der Waals surface area contributed by atoms with Gasteiger partial charge in [-0.05, 0) is 12.8 Å². The molecule has 0 amide bonds. The van der Waals surface area contributed by atoms with Gasteiger partial charge in [0.05, 0.1) is 0 Å². The Bertz CT molecular complexity index is 392. The third-order valence-corrected chi connectivity index (χ3v) is 3.37. The maximum absolute atomic E-state index is 6.06. The van der Waals surface area contributed by atoms with E-state index in [1.54, 1.807) is 0 Å². The first kappa shape index (κ1) is 12.3. The summed E-state index contributed by atoms with van der Waals surface area (Å²) in [4.78, 5) is 11.4. The van der Waals surface area contributed by atoms with Gasteiger partial charge in [0.1, 0.15) is 11.6 Å². The molecule has 4 heteroatoms. The third-order valence-electron chi connectivity index (χ3n) is 3.37. The summed E-state index contributed by atoms with van der Waals surface area (Å²) in [5.74, 6) is 2.85. The summed E-state index contributed by atoms with van der Waals surface area (Å²) in [7, 11) is 0. The standard InChI is InChI=1S/C13H22N4/c1-8(2)13-15-10(4)5-12(16-13)17-6-9(3)11(14)7-17/h5,8-9,11H,6-7,14H2,1-4H3. The average molecular weight is 234 g/mol. The molecule has 1 aromatic rings. The Kier molecular flexibility index (Phi) is 3.33. The number of hydrogen-bond acceptors (Lipinski definition) is 4. The molecule has 4 nitrogen and oxygen atoms in total. The number of anilines is 1. The smallest absolute Gasteiger partial charge is 0.133 e. The molecular formula is C13H22N4. The SMILES string of the molecule is Cc1cc(N2CC(C)C(N)C2)nc(C(C)C)n1. The second kappa shape index (κ2) is 4.61. The molecule has 2 atom stereocenters. The monoisotopic (exact) mass is 234 g/mol. The van der Waals surface area contributed by atoms with Crippen LogP contribution in [0.2, 0.25) is 0 Å². The largest absolute Gasteiger partial charge is 0.355 e. The maximum atomic E-state index is 6.06. The first-order chi connectivity index (χ1) is 7.97. The molecule has 1 aliphatic heterocycles. The molecule has 0 aromatic carbocycles. The van der Waals surface area contributed by atoms with Crippen molar-refractivity contribution in [3.63, 3.8) is 0 Å². The van der Waals surface area contributed by atoms with Gasteiger partial charge in [-0.3, -0.25) is 0 Å². The van der Waals surface area contributed by atoms with Crippen molar-refractivity contribution in [2.45, 2.75) is 39.7 Å². The number of hydrogen-bond donors (Lipinski definition) is 1. The van der Waals surface area contributed by atoms with Gasteiger partial charge < -0.3 is 10.6 Å². The fourth-order valence-corrected chi connectivity index (χ4v) is 2.17. The summed E-state index contributed by atoms with van der Waals surface area (Å²) < 4.78 is 0. The summed E-state index contributed by atoms with van der Waals surface area (Å²) in [5, 5.41) is 0. The van der Waals surface area contributed by atoms with Crippen LogP contribution in [0.25, 0.3) is 0 Å². The second-order valence-electron chi connectivity index (χ2n) is 5.43. The Morgan fingerprint density at radius 3 is 2.59 bits per heavy atom. The van der Waals surface area contributed by atoms with Crippen molar-refractivity contribution < 1.29 is 0 Å². The highest BCUT2D eigenvalue weighted by atomic mass is 15.2. The van der Waals surface area contributed by atoms with Crippen LogP contribution in [0.4, 0.5) is 5.82 Å². The molecule has 0 saturated carbocycles. The molecule has 0 bridgehead atoms. The molecule has 2 unspecified atom stereocenters. The fourth-order valence-electron chi connectivity index (χ4n) is 2.17. The quantitative estimate of drug-likeness (QED) is 0.846. The van der Waals surface area contributed by atoms with Crippen LogP contribution in [0.15, 0.2) is 6.07 Å². The predicted octanol–water partition coefficient (Wildman–Crippen LogP) is 1.69. The van der Waals surface area contributed by atoms with E-state index in [9.17, 15) is 0 Å². The Balaban J connectivity index is 2.27. The lowest BCUT2D eigenvalue weighted by molar-refractivity contribution is 0.566. The summed E-state index contributed by atoms with van der Waals surface area (Å²) >= 11 is 0. The van der Waals surface area contributed by atoms with E-state index in [-0.39, 0.29) is 6.04 Å². The van der Waals surface area contributed by atoms with Crippen LogP contribution in [0, 0.1) is 12.8 Å². The summed E-state index contributed by atoms with van der Waals surface area (Å²) in [6.07, 6.45) is 0. The lowest BCUT2D eigenvalue weighted by atomic mass is 10.1. The summed E-state index contributed by atoms with van der Waals surface area (Å²) in [5.41, 5.74) is 7.09. The zero-order valence-electron chi connectivity index (χ0n) is 11.1. The zero-order chi connectivity index (χ0) is 12.6. The number of aromatic nitrogens is 2. The first-order valence-corrected chi connectivity index (χ1v) is 6.33.